The van der Waals surface area contributed by atoms with Crippen molar-refractivity contribution in [3.8, 4) is 11.4 Å². The van der Waals surface area contributed by atoms with Gasteiger partial charge in [0, 0.05) is 16.8 Å². The van der Waals surface area contributed by atoms with Gasteiger partial charge in [-0.3, -0.25) is 0 Å². The van der Waals surface area contributed by atoms with Gasteiger partial charge >= 0.3 is 0 Å². The van der Waals surface area contributed by atoms with E-state index < -0.39 is 0 Å². The third-order valence-electron chi connectivity index (χ3n) is 4.16. The van der Waals surface area contributed by atoms with E-state index in [0.29, 0.717) is 0 Å². The summed E-state index contributed by atoms with van der Waals surface area (Å²) in [5.41, 5.74) is 3.52. The van der Waals surface area contributed by atoms with Crippen molar-refractivity contribution in [2.75, 3.05) is 6.61 Å². The van der Waals surface area contributed by atoms with E-state index in [-0.39, 0.29) is 12.6 Å². The summed E-state index contributed by atoms with van der Waals surface area (Å²) >= 11 is 5.52. The standard InChI is InChI=1S/C17H20N2OS/c1-12(11-20)19-15-10-6-5-9-14(15)17(21)18-16(19)13-7-3-2-4-8-13/h2-4,7-8,12,20H,5-6,9-11H2,1H3/t12-/m0/s1. The number of hydrogen-bond donors (Lipinski definition) is 1. The number of hydrogen-bond acceptors (Lipinski definition) is 3. The second-order valence-electron chi connectivity index (χ2n) is 5.64. The first-order valence-corrected chi connectivity index (χ1v) is 7.93. The van der Waals surface area contributed by atoms with Crippen LogP contribution in [-0.2, 0) is 12.8 Å². The van der Waals surface area contributed by atoms with Gasteiger partial charge in [0.1, 0.15) is 10.5 Å². The van der Waals surface area contributed by atoms with E-state index in [1.54, 1.807) is 0 Å². The van der Waals surface area contributed by atoms with Crippen molar-refractivity contribution in [3.05, 3.63) is 46.2 Å². The normalized spacial score (nSPS) is 15.5. The Hall–Kier alpha value is -1.52. The maximum atomic E-state index is 9.66. The van der Waals surface area contributed by atoms with Crippen LogP contribution in [0.15, 0.2) is 30.3 Å². The molecule has 0 amide bonds. The molecule has 1 aromatic carbocycles. The molecule has 0 fully saturated rings. The van der Waals surface area contributed by atoms with Crippen LogP contribution in [0, 0.1) is 4.64 Å². The summed E-state index contributed by atoms with van der Waals surface area (Å²) in [5.74, 6) is 0.878. The lowest BCUT2D eigenvalue weighted by Crippen LogP contribution is -2.22. The molecule has 1 heterocycles. The molecule has 1 aliphatic carbocycles. The average molecular weight is 300 g/mol. The van der Waals surface area contributed by atoms with Crippen LogP contribution in [-0.4, -0.2) is 21.3 Å². The largest absolute Gasteiger partial charge is 0.394 e. The van der Waals surface area contributed by atoms with Gasteiger partial charge in [-0.05, 0) is 32.6 Å². The smallest absolute Gasteiger partial charge is 0.142 e. The zero-order chi connectivity index (χ0) is 14.8. The van der Waals surface area contributed by atoms with Crippen LogP contribution in [0.1, 0.15) is 37.1 Å². The summed E-state index contributed by atoms with van der Waals surface area (Å²) in [6.45, 7) is 2.14. The lowest BCUT2D eigenvalue weighted by molar-refractivity contribution is 0.235. The molecule has 1 aromatic heterocycles. The topological polar surface area (TPSA) is 38.0 Å². The van der Waals surface area contributed by atoms with Crippen molar-refractivity contribution < 1.29 is 5.11 Å². The van der Waals surface area contributed by atoms with Crippen LogP contribution >= 0.6 is 12.2 Å². The second kappa shape index (κ2) is 6.08. The number of nitrogens with zero attached hydrogens (tertiary/aromatic N) is 2. The van der Waals surface area contributed by atoms with Crippen molar-refractivity contribution in [3.63, 3.8) is 0 Å². The van der Waals surface area contributed by atoms with Gasteiger partial charge in [-0.2, -0.15) is 0 Å². The third kappa shape index (κ3) is 2.65. The lowest BCUT2D eigenvalue weighted by Gasteiger charge is -2.27. The molecule has 3 rings (SSSR count). The van der Waals surface area contributed by atoms with Gasteiger partial charge in [-0.15, -0.1) is 0 Å². The predicted octanol–water partition coefficient (Wildman–Crippen LogP) is 3.71. The van der Waals surface area contributed by atoms with Crippen molar-refractivity contribution in [2.24, 2.45) is 0 Å². The molecule has 1 N–H and O–H groups in total. The number of aliphatic hydroxyl groups is 1. The molecular formula is C17H20N2OS. The second-order valence-corrected chi connectivity index (χ2v) is 6.03. The van der Waals surface area contributed by atoms with Gasteiger partial charge in [-0.25, -0.2) is 4.98 Å². The number of aromatic nitrogens is 2. The van der Waals surface area contributed by atoms with E-state index >= 15 is 0 Å². The molecule has 1 aliphatic rings. The Morgan fingerprint density at radius 2 is 1.95 bits per heavy atom. The van der Waals surface area contributed by atoms with Crippen molar-refractivity contribution in [2.45, 2.75) is 38.6 Å². The minimum absolute atomic E-state index is 0.00940. The Morgan fingerprint density at radius 3 is 2.67 bits per heavy atom. The SMILES string of the molecule is C[C@@H](CO)n1c(-c2ccccc2)nc(=S)c2c1CCCC2. The average Bonchev–Trinajstić information content (AvgIpc) is 2.55. The fourth-order valence-corrected chi connectivity index (χ4v) is 3.38. The Balaban J connectivity index is 2.28. The molecule has 4 heteroatoms. The molecule has 1 atom stereocenters. The molecule has 0 unspecified atom stereocenters. The Kier molecular flexibility index (Phi) is 4.17. The molecule has 0 saturated heterocycles. The summed E-state index contributed by atoms with van der Waals surface area (Å²) in [5, 5.41) is 9.66. The first-order chi connectivity index (χ1) is 10.2. The molecule has 0 spiro atoms. The van der Waals surface area contributed by atoms with Gasteiger partial charge in [0.15, 0.2) is 0 Å². The van der Waals surface area contributed by atoms with E-state index in [4.69, 9.17) is 17.2 Å². The van der Waals surface area contributed by atoms with Gasteiger partial charge in [0.05, 0.1) is 12.6 Å². The summed E-state index contributed by atoms with van der Waals surface area (Å²) in [7, 11) is 0. The van der Waals surface area contributed by atoms with Crippen molar-refractivity contribution >= 4 is 12.2 Å². The Bertz CT molecular complexity index is 694. The summed E-state index contributed by atoms with van der Waals surface area (Å²) in [6, 6.07) is 10.1. The maximum Gasteiger partial charge on any atom is 0.142 e. The van der Waals surface area contributed by atoms with Crippen LogP contribution in [0.25, 0.3) is 11.4 Å². The van der Waals surface area contributed by atoms with E-state index in [1.165, 1.54) is 24.1 Å². The molecule has 2 aromatic rings. The van der Waals surface area contributed by atoms with Crippen LogP contribution in [0.5, 0.6) is 0 Å². The van der Waals surface area contributed by atoms with Gasteiger partial charge in [0.2, 0.25) is 0 Å². The molecule has 0 saturated carbocycles. The molecule has 0 aliphatic heterocycles. The zero-order valence-corrected chi connectivity index (χ0v) is 13.1. The minimum atomic E-state index is 0.00940. The van der Waals surface area contributed by atoms with Gasteiger partial charge in [0.25, 0.3) is 0 Å². The van der Waals surface area contributed by atoms with E-state index in [2.05, 4.69) is 4.57 Å². The molecule has 0 radical (unpaired) electrons. The number of rotatable bonds is 3. The Labute approximate surface area is 130 Å². The predicted molar refractivity (Wildman–Crippen MR) is 86.9 cm³/mol. The van der Waals surface area contributed by atoms with Crippen molar-refractivity contribution in [1.82, 2.24) is 9.55 Å². The number of aliphatic hydroxyl groups excluding tert-OH is 1. The quantitative estimate of drug-likeness (QED) is 0.878. The van der Waals surface area contributed by atoms with Crippen LogP contribution in [0.4, 0.5) is 0 Å². The summed E-state index contributed by atoms with van der Waals surface area (Å²) < 4.78 is 2.92. The van der Waals surface area contributed by atoms with Crippen LogP contribution in [0.2, 0.25) is 0 Å². The molecule has 3 nitrogen and oxygen atoms in total. The van der Waals surface area contributed by atoms with Gasteiger partial charge in [-0.1, -0.05) is 42.5 Å². The zero-order valence-electron chi connectivity index (χ0n) is 12.2. The first kappa shape index (κ1) is 14.4. The fraction of sp³-hybridized carbons (Fsp3) is 0.412. The van der Waals surface area contributed by atoms with Crippen LogP contribution < -0.4 is 0 Å². The van der Waals surface area contributed by atoms with Crippen LogP contribution in [0.3, 0.4) is 0 Å². The number of fused-ring (bicyclic) bond motifs is 1. The highest BCUT2D eigenvalue weighted by molar-refractivity contribution is 7.71. The monoisotopic (exact) mass is 300 g/mol. The molecular weight excluding hydrogens is 280 g/mol. The minimum Gasteiger partial charge on any atom is -0.394 e. The Morgan fingerprint density at radius 1 is 1.24 bits per heavy atom. The first-order valence-electron chi connectivity index (χ1n) is 7.53. The van der Waals surface area contributed by atoms with Crippen molar-refractivity contribution in [1.29, 1.82) is 0 Å². The fourth-order valence-electron chi connectivity index (χ4n) is 3.08. The van der Waals surface area contributed by atoms with E-state index in [0.717, 1.165) is 28.9 Å². The van der Waals surface area contributed by atoms with E-state index in [1.807, 2.05) is 37.3 Å². The highest BCUT2D eigenvalue weighted by atomic mass is 32.1. The molecule has 21 heavy (non-hydrogen) atoms. The lowest BCUT2D eigenvalue weighted by atomic mass is 9.96. The molecule has 110 valence electrons. The number of benzene rings is 1. The summed E-state index contributed by atoms with van der Waals surface area (Å²) in [6.07, 6.45) is 4.38. The van der Waals surface area contributed by atoms with Gasteiger partial charge < -0.3 is 9.67 Å². The van der Waals surface area contributed by atoms with E-state index in [9.17, 15) is 5.11 Å². The summed E-state index contributed by atoms with van der Waals surface area (Å²) in [4.78, 5) is 4.69. The maximum absolute atomic E-state index is 9.66. The molecule has 0 bridgehead atoms. The highest BCUT2D eigenvalue weighted by Crippen LogP contribution is 2.29. The highest BCUT2D eigenvalue weighted by Gasteiger charge is 2.21. The third-order valence-corrected chi connectivity index (χ3v) is 4.50.